The number of aryl methyl sites for hydroxylation is 1. The summed E-state index contributed by atoms with van der Waals surface area (Å²) in [5.74, 6) is 0.0663. The molecule has 0 spiro atoms. The van der Waals surface area contributed by atoms with Crippen LogP contribution in [0.25, 0.3) is 0 Å². The molecule has 8 heteroatoms. The Balaban J connectivity index is 2.93. The minimum Gasteiger partial charge on any atom is -0.302 e. The third-order valence-electron chi connectivity index (χ3n) is 2.57. The molecule has 1 aromatic heterocycles. The molecule has 0 saturated heterocycles. The van der Waals surface area contributed by atoms with Crippen molar-refractivity contribution in [2.24, 2.45) is 7.05 Å². The molecule has 0 aliphatic rings. The van der Waals surface area contributed by atoms with Gasteiger partial charge in [0.05, 0.1) is 9.32 Å². The highest BCUT2D eigenvalue weighted by Crippen LogP contribution is 1.97. The van der Waals surface area contributed by atoms with E-state index in [1.54, 1.807) is 14.0 Å². The fourth-order valence-electron chi connectivity index (χ4n) is 1.47. The van der Waals surface area contributed by atoms with Crippen LogP contribution in [0.5, 0.6) is 0 Å². The van der Waals surface area contributed by atoms with E-state index in [9.17, 15) is 18.0 Å². The standard InChI is InChI=1S/C10H15IN2O4S/c1-3-18(16,17)6-4-5-13-9(14)8(11)7-12(2)10(13)15/h7H,3-6H2,1-2H3. The average molecular weight is 386 g/mol. The molecule has 0 aliphatic heterocycles. The third-order valence-corrected chi connectivity index (χ3v) is 5.10. The molecule has 102 valence electrons. The molecule has 18 heavy (non-hydrogen) atoms. The van der Waals surface area contributed by atoms with Gasteiger partial charge in [0.2, 0.25) is 0 Å². The van der Waals surface area contributed by atoms with Gasteiger partial charge >= 0.3 is 5.69 Å². The van der Waals surface area contributed by atoms with E-state index < -0.39 is 15.5 Å². The number of hydrogen-bond donors (Lipinski definition) is 0. The molecule has 0 amide bonds. The van der Waals surface area contributed by atoms with Gasteiger partial charge in [-0.15, -0.1) is 0 Å². The van der Waals surface area contributed by atoms with E-state index in [4.69, 9.17) is 0 Å². The second-order valence-corrected chi connectivity index (χ2v) is 7.55. The Labute approximate surface area is 119 Å². The van der Waals surface area contributed by atoms with Gasteiger partial charge in [0, 0.05) is 25.5 Å². The van der Waals surface area contributed by atoms with E-state index in [0.29, 0.717) is 3.57 Å². The highest BCUT2D eigenvalue weighted by molar-refractivity contribution is 14.1. The molecule has 0 atom stereocenters. The van der Waals surface area contributed by atoms with Crippen molar-refractivity contribution in [3.05, 3.63) is 30.6 Å². The Morgan fingerprint density at radius 1 is 1.33 bits per heavy atom. The third kappa shape index (κ3) is 3.67. The number of aromatic nitrogens is 2. The second-order valence-electron chi connectivity index (χ2n) is 3.92. The Hall–Kier alpha value is -0.640. The molecule has 0 aliphatic carbocycles. The molecule has 0 aromatic carbocycles. The Morgan fingerprint density at radius 2 is 1.94 bits per heavy atom. The summed E-state index contributed by atoms with van der Waals surface area (Å²) in [6.07, 6.45) is 1.73. The number of halogens is 1. The van der Waals surface area contributed by atoms with Crippen LogP contribution >= 0.6 is 22.6 Å². The summed E-state index contributed by atoms with van der Waals surface area (Å²) in [6.45, 7) is 1.70. The summed E-state index contributed by atoms with van der Waals surface area (Å²) in [5, 5.41) is 0. The number of nitrogens with zero attached hydrogens (tertiary/aromatic N) is 2. The van der Waals surface area contributed by atoms with Gasteiger partial charge in [-0.2, -0.15) is 0 Å². The molecule has 0 unspecified atom stereocenters. The van der Waals surface area contributed by atoms with Crippen molar-refractivity contribution in [3.63, 3.8) is 0 Å². The zero-order valence-corrected chi connectivity index (χ0v) is 13.2. The van der Waals surface area contributed by atoms with Crippen LogP contribution in [0.2, 0.25) is 0 Å². The van der Waals surface area contributed by atoms with E-state index in [2.05, 4.69) is 0 Å². The molecule has 0 saturated carbocycles. The van der Waals surface area contributed by atoms with Crippen LogP contribution in [-0.2, 0) is 23.4 Å². The summed E-state index contributed by atoms with van der Waals surface area (Å²) in [5.41, 5.74) is -0.790. The first kappa shape index (κ1) is 15.4. The molecule has 1 rings (SSSR count). The van der Waals surface area contributed by atoms with E-state index in [0.717, 1.165) is 4.57 Å². The normalized spacial score (nSPS) is 11.7. The van der Waals surface area contributed by atoms with Crippen molar-refractivity contribution in [1.29, 1.82) is 0 Å². The first-order chi connectivity index (χ1) is 8.28. The Bertz CT molecular complexity index is 611. The molecule has 0 N–H and O–H groups in total. The van der Waals surface area contributed by atoms with Crippen molar-refractivity contribution in [2.75, 3.05) is 11.5 Å². The minimum atomic E-state index is -3.06. The first-order valence-electron chi connectivity index (χ1n) is 5.45. The predicted molar refractivity (Wildman–Crippen MR) is 77.6 cm³/mol. The van der Waals surface area contributed by atoms with Crippen molar-refractivity contribution in [1.82, 2.24) is 9.13 Å². The number of rotatable bonds is 5. The van der Waals surface area contributed by atoms with Gasteiger partial charge in [0.15, 0.2) is 0 Å². The summed E-state index contributed by atoms with van der Waals surface area (Å²) in [4.78, 5) is 23.5. The summed E-state index contributed by atoms with van der Waals surface area (Å²) in [7, 11) is -1.50. The van der Waals surface area contributed by atoms with Gasteiger partial charge in [0.1, 0.15) is 9.84 Å². The lowest BCUT2D eigenvalue weighted by atomic mass is 10.4. The van der Waals surface area contributed by atoms with Gasteiger partial charge in [-0.1, -0.05) is 6.92 Å². The van der Waals surface area contributed by atoms with Crippen LogP contribution in [0.4, 0.5) is 0 Å². The van der Waals surface area contributed by atoms with E-state index in [1.165, 1.54) is 10.8 Å². The number of sulfone groups is 1. The van der Waals surface area contributed by atoms with Crippen LogP contribution in [0.3, 0.4) is 0 Å². The molecule has 1 aromatic rings. The monoisotopic (exact) mass is 386 g/mol. The lowest BCUT2D eigenvalue weighted by molar-refractivity contribution is 0.562. The van der Waals surface area contributed by atoms with Crippen LogP contribution < -0.4 is 11.2 Å². The topological polar surface area (TPSA) is 78.1 Å². The molecule has 0 fully saturated rings. The summed E-state index contributed by atoms with van der Waals surface area (Å²) < 4.78 is 25.5. The molecular weight excluding hydrogens is 371 g/mol. The van der Waals surface area contributed by atoms with Crippen molar-refractivity contribution in [3.8, 4) is 0 Å². The lowest BCUT2D eigenvalue weighted by Gasteiger charge is -2.07. The van der Waals surface area contributed by atoms with Crippen molar-refractivity contribution in [2.45, 2.75) is 19.9 Å². The van der Waals surface area contributed by atoms with Crippen molar-refractivity contribution < 1.29 is 8.42 Å². The predicted octanol–water partition coefficient (Wildman–Crippen LogP) is -0.0236. The molecule has 0 radical (unpaired) electrons. The van der Waals surface area contributed by atoms with Gasteiger partial charge < -0.3 is 4.57 Å². The van der Waals surface area contributed by atoms with Gasteiger partial charge in [-0.05, 0) is 29.0 Å². The number of hydrogen-bond acceptors (Lipinski definition) is 4. The fourth-order valence-corrected chi connectivity index (χ4v) is 3.04. The van der Waals surface area contributed by atoms with Crippen LogP contribution in [-0.4, -0.2) is 29.1 Å². The second kappa shape index (κ2) is 6.00. The minimum absolute atomic E-state index is 0.00936. The van der Waals surface area contributed by atoms with E-state index >= 15 is 0 Å². The largest absolute Gasteiger partial charge is 0.330 e. The van der Waals surface area contributed by atoms with Crippen LogP contribution in [0.15, 0.2) is 15.8 Å². The van der Waals surface area contributed by atoms with Gasteiger partial charge in [-0.3, -0.25) is 9.36 Å². The fraction of sp³-hybridized carbons (Fsp3) is 0.600. The van der Waals surface area contributed by atoms with E-state index in [1.807, 2.05) is 22.6 Å². The summed E-state index contributed by atoms with van der Waals surface area (Å²) >= 11 is 1.86. The lowest BCUT2D eigenvalue weighted by Crippen LogP contribution is -2.40. The Kier molecular flexibility index (Phi) is 5.14. The quantitative estimate of drug-likeness (QED) is 0.667. The average Bonchev–Trinajstić information content (AvgIpc) is 2.31. The maximum atomic E-state index is 11.8. The first-order valence-corrected chi connectivity index (χ1v) is 8.35. The zero-order chi connectivity index (χ0) is 13.9. The maximum absolute atomic E-state index is 11.8. The van der Waals surface area contributed by atoms with Gasteiger partial charge in [0.25, 0.3) is 5.56 Å². The molecular formula is C10H15IN2O4S. The smallest absolute Gasteiger partial charge is 0.302 e. The van der Waals surface area contributed by atoms with Gasteiger partial charge in [-0.25, -0.2) is 13.2 Å². The van der Waals surface area contributed by atoms with E-state index in [-0.39, 0.29) is 30.0 Å². The molecule has 0 bridgehead atoms. The van der Waals surface area contributed by atoms with Crippen LogP contribution in [0, 0.1) is 3.57 Å². The highest BCUT2D eigenvalue weighted by atomic mass is 127. The zero-order valence-electron chi connectivity index (χ0n) is 10.2. The molecule has 1 heterocycles. The highest BCUT2D eigenvalue weighted by Gasteiger charge is 2.10. The summed E-state index contributed by atoms with van der Waals surface area (Å²) in [6, 6.07) is 0. The Morgan fingerprint density at radius 3 is 2.50 bits per heavy atom. The molecule has 6 nitrogen and oxygen atoms in total. The van der Waals surface area contributed by atoms with Crippen LogP contribution in [0.1, 0.15) is 13.3 Å². The SMILES string of the molecule is CCS(=O)(=O)CCCn1c(=O)c(I)cn(C)c1=O. The van der Waals surface area contributed by atoms with Crippen molar-refractivity contribution >= 4 is 32.4 Å². The maximum Gasteiger partial charge on any atom is 0.330 e.